The first-order valence-electron chi connectivity index (χ1n) is 6.13. The lowest BCUT2D eigenvalue weighted by atomic mass is 10.1. The minimum Gasteiger partial charge on any atom is -0.383 e. The first-order valence-corrected chi connectivity index (χ1v) is 6.13. The third-order valence-electron chi connectivity index (χ3n) is 3.10. The van der Waals surface area contributed by atoms with Gasteiger partial charge in [0.1, 0.15) is 0 Å². The molecule has 5 heteroatoms. The fourth-order valence-corrected chi connectivity index (χ4v) is 1.98. The number of hydrogen-bond donors (Lipinski definition) is 2. The minimum absolute atomic E-state index is 0.0168. The Morgan fingerprint density at radius 2 is 2.22 bits per heavy atom. The van der Waals surface area contributed by atoms with Gasteiger partial charge < -0.3 is 15.1 Å². The highest BCUT2D eigenvalue weighted by Gasteiger charge is 2.33. The van der Waals surface area contributed by atoms with Gasteiger partial charge in [0.2, 0.25) is 0 Å². The van der Waals surface area contributed by atoms with Crippen LogP contribution in [0.1, 0.15) is 23.2 Å². The number of anilines is 1. The fraction of sp³-hybridized carbons (Fsp3) is 0.462. The van der Waals surface area contributed by atoms with E-state index in [9.17, 15) is 4.79 Å². The smallest absolute Gasteiger partial charge is 0.256 e. The zero-order valence-electron chi connectivity index (χ0n) is 10.6. The van der Waals surface area contributed by atoms with E-state index in [4.69, 9.17) is 10.6 Å². The van der Waals surface area contributed by atoms with Crippen molar-refractivity contribution in [1.82, 2.24) is 4.90 Å². The van der Waals surface area contributed by atoms with Gasteiger partial charge in [-0.15, -0.1) is 0 Å². The molecule has 1 aliphatic rings. The molecular weight excluding hydrogens is 230 g/mol. The van der Waals surface area contributed by atoms with E-state index in [2.05, 4.69) is 5.43 Å². The number of benzene rings is 1. The average molecular weight is 249 g/mol. The van der Waals surface area contributed by atoms with E-state index >= 15 is 0 Å². The van der Waals surface area contributed by atoms with Crippen LogP contribution >= 0.6 is 0 Å². The van der Waals surface area contributed by atoms with Crippen LogP contribution in [0.15, 0.2) is 24.3 Å². The SMILES string of the molecule is COCCN(C(=O)c1ccccc1NN)C1CC1. The van der Waals surface area contributed by atoms with Gasteiger partial charge in [0.25, 0.3) is 5.91 Å². The van der Waals surface area contributed by atoms with Gasteiger partial charge >= 0.3 is 0 Å². The van der Waals surface area contributed by atoms with Crippen LogP contribution in [0, 0.1) is 0 Å². The number of ether oxygens (including phenoxy) is 1. The number of nitrogens with zero attached hydrogens (tertiary/aromatic N) is 1. The largest absolute Gasteiger partial charge is 0.383 e. The topological polar surface area (TPSA) is 67.6 Å². The number of carbonyl (C=O) groups excluding carboxylic acids is 1. The number of hydrogen-bond acceptors (Lipinski definition) is 4. The molecule has 1 saturated carbocycles. The number of rotatable bonds is 6. The molecule has 0 spiro atoms. The predicted molar refractivity (Wildman–Crippen MR) is 70.2 cm³/mol. The van der Waals surface area contributed by atoms with Crippen LogP contribution in [-0.2, 0) is 4.74 Å². The van der Waals surface area contributed by atoms with Crippen molar-refractivity contribution in [3.05, 3.63) is 29.8 Å². The molecule has 0 aromatic heterocycles. The van der Waals surface area contributed by atoms with Gasteiger partial charge in [0.15, 0.2) is 0 Å². The molecule has 0 aliphatic heterocycles. The van der Waals surface area contributed by atoms with E-state index in [0.29, 0.717) is 30.4 Å². The number of nitrogen functional groups attached to an aromatic ring is 1. The van der Waals surface area contributed by atoms with E-state index in [1.54, 1.807) is 19.2 Å². The molecule has 1 fully saturated rings. The molecule has 1 amide bonds. The Bertz CT molecular complexity index is 418. The van der Waals surface area contributed by atoms with Crippen molar-refractivity contribution in [2.24, 2.45) is 5.84 Å². The summed E-state index contributed by atoms with van der Waals surface area (Å²) in [7, 11) is 1.64. The van der Waals surface area contributed by atoms with E-state index in [0.717, 1.165) is 12.8 Å². The number of hydrazine groups is 1. The Balaban J connectivity index is 2.16. The van der Waals surface area contributed by atoms with E-state index in [-0.39, 0.29) is 5.91 Å². The highest BCUT2D eigenvalue weighted by Crippen LogP contribution is 2.29. The highest BCUT2D eigenvalue weighted by atomic mass is 16.5. The summed E-state index contributed by atoms with van der Waals surface area (Å²) in [5, 5.41) is 0. The quantitative estimate of drug-likeness (QED) is 0.587. The molecule has 0 atom stereocenters. The molecule has 0 unspecified atom stereocenters. The van der Waals surface area contributed by atoms with Crippen molar-refractivity contribution >= 4 is 11.6 Å². The van der Waals surface area contributed by atoms with Gasteiger partial charge in [0.05, 0.1) is 17.9 Å². The summed E-state index contributed by atoms with van der Waals surface area (Å²) in [6, 6.07) is 7.64. The number of nitrogens with two attached hydrogens (primary N) is 1. The zero-order valence-corrected chi connectivity index (χ0v) is 10.6. The summed E-state index contributed by atoms with van der Waals surface area (Å²) >= 11 is 0. The maximum Gasteiger partial charge on any atom is 0.256 e. The van der Waals surface area contributed by atoms with Crippen molar-refractivity contribution in [3.8, 4) is 0 Å². The molecule has 0 bridgehead atoms. The summed E-state index contributed by atoms with van der Waals surface area (Å²) in [4.78, 5) is 14.4. The molecule has 0 heterocycles. The summed E-state index contributed by atoms with van der Waals surface area (Å²) in [5.41, 5.74) is 3.84. The fourth-order valence-electron chi connectivity index (χ4n) is 1.98. The lowest BCUT2D eigenvalue weighted by Gasteiger charge is -2.23. The van der Waals surface area contributed by atoms with Gasteiger partial charge in [0, 0.05) is 19.7 Å². The van der Waals surface area contributed by atoms with Gasteiger partial charge in [-0.3, -0.25) is 10.6 Å². The van der Waals surface area contributed by atoms with Gasteiger partial charge in [-0.1, -0.05) is 12.1 Å². The molecule has 3 N–H and O–H groups in total. The Hall–Kier alpha value is -1.59. The van der Waals surface area contributed by atoms with Crippen LogP contribution < -0.4 is 11.3 Å². The molecule has 5 nitrogen and oxygen atoms in total. The predicted octanol–water partition coefficient (Wildman–Crippen LogP) is 1.22. The molecule has 0 radical (unpaired) electrons. The van der Waals surface area contributed by atoms with E-state index in [1.165, 1.54) is 0 Å². The second kappa shape index (κ2) is 5.84. The highest BCUT2D eigenvalue weighted by molar-refractivity contribution is 5.99. The molecule has 18 heavy (non-hydrogen) atoms. The number of carbonyl (C=O) groups is 1. The van der Waals surface area contributed by atoms with Crippen molar-refractivity contribution in [3.63, 3.8) is 0 Å². The normalized spacial score (nSPS) is 14.3. The number of para-hydroxylation sites is 1. The molecule has 1 aromatic carbocycles. The van der Waals surface area contributed by atoms with E-state index < -0.39 is 0 Å². The van der Waals surface area contributed by atoms with Crippen LogP contribution in [0.5, 0.6) is 0 Å². The van der Waals surface area contributed by atoms with Gasteiger partial charge in [-0.25, -0.2) is 0 Å². The molecule has 0 saturated heterocycles. The summed E-state index contributed by atoms with van der Waals surface area (Å²) in [6.07, 6.45) is 2.15. The first kappa shape index (κ1) is 12.9. The molecule has 1 aliphatic carbocycles. The van der Waals surface area contributed by atoms with E-state index in [1.807, 2.05) is 17.0 Å². The summed E-state index contributed by atoms with van der Waals surface area (Å²) < 4.78 is 5.06. The van der Waals surface area contributed by atoms with Crippen molar-refractivity contribution in [2.45, 2.75) is 18.9 Å². The van der Waals surface area contributed by atoms with Crippen LogP contribution in [0.2, 0.25) is 0 Å². The molecule has 2 rings (SSSR count). The maximum atomic E-state index is 12.5. The van der Waals surface area contributed by atoms with Crippen molar-refractivity contribution in [1.29, 1.82) is 0 Å². The third-order valence-corrected chi connectivity index (χ3v) is 3.10. The summed E-state index contributed by atoms with van der Waals surface area (Å²) in [6.45, 7) is 1.18. The average Bonchev–Trinajstić information content (AvgIpc) is 3.23. The molecule has 1 aromatic rings. The lowest BCUT2D eigenvalue weighted by Crippen LogP contribution is -2.36. The Kier molecular flexibility index (Phi) is 4.17. The molecule has 98 valence electrons. The van der Waals surface area contributed by atoms with Gasteiger partial charge in [-0.2, -0.15) is 0 Å². The number of nitrogens with one attached hydrogen (secondary N) is 1. The number of amides is 1. The Morgan fingerprint density at radius 1 is 1.50 bits per heavy atom. The first-order chi connectivity index (χ1) is 8.77. The summed E-state index contributed by atoms with van der Waals surface area (Å²) in [5.74, 6) is 5.45. The van der Waals surface area contributed by atoms with Crippen LogP contribution in [-0.4, -0.2) is 37.1 Å². The maximum absolute atomic E-state index is 12.5. The Labute approximate surface area is 107 Å². The van der Waals surface area contributed by atoms with Crippen LogP contribution in [0.4, 0.5) is 5.69 Å². The minimum atomic E-state index is 0.0168. The molecular formula is C13H19N3O2. The number of methoxy groups -OCH3 is 1. The van der Waals surface area contributed by atoms with Crippen LogP contribution in [0.25, 0.3) is 0 Å². The third kappa shape index (κ3) is 2.80. The van der Waals surface area contributed by atoms with Crippen molar-refractivity contribution < 1.29 is 9.53 Å². The van der Waals surface area contributed by atoms with Gasteiger partial charge in [-0.05, 0) is 25.0 Å². The zero-order chi connectivity index (χ0) is 13.0. The monoisotopic (exact) mass is 249 g/mol. The second-order valence-electron chi connectivity index (χ2n) is 4.41. The second-order valence-corrected chi connectivity index (χ2v) is 4.41. The van der Waals surface area contributed by atoms with Crippen LogP contribution in [0.3, 0.4) is 0 Å². The lowest BCUT2D eigenvalue weighted by molar-refractivity contribution is 0.0681. The standard InChI is InChI=1S/C13H19N3O2/c1-18-9-8-16(10-6-7-10)13(17)11-4-2-3-5-12(11)15-14/h2-5,10,15H,6-9,14H2,1H3. The van der Waals surface area contributed by atoms with Crippen molar-refractivity contribution in [2.75, 3.05) is 25.7 Å². The Morgan fingerprint density at radius 3 is 2.83 bits per heavy atom.